The van der Waals surface area contributed by atoms with Gasteiger partial charge in [0.15, 0.2) is 0 Å². The fourth-order valence-electron chi connectivity index (χ4n) is 1.77. The monoisotopic (exact) mass is 352 g/mol. The zero-order valence-electron chi connectivity index (χ0n) is 12.2. The molecule has 120 valence electrons. The molecule has 0 heterocycles. The Hall–Kier alpha value is -2.05. The fraction of sp³-hybridized carbons (Fsp3) is 0.125. The van der Waals surface area contributed by atoms with E-state index in [0.717, 1.165) is 0 Å². The number of primary amides is 1. The number of carbonyl (C=O) groups excluding carboxylic acids is 2. The Labute approximate surface area is 142 Å². The Kier molecular flexibility index (Phi) is 5.63. The number of nitrogens with one attached hydrogen (secondary N) is 1. The van der Waals surface area contributed by atoms with E-state index in [4.69, 9.17) is 17.3 Å². The molecule has 2 aromatic carbocycles. The zero-order valence-corrected chi connectivity index (χ0v) is 13.7. The third kappa shape index (κ3) is 4.71. The number of benzene rings is 2. The van der Waals surface area contributed by atoms with Crippen molar-refractivity contribution in [2.75, 3.05) is 5.32 Å². The zero-order chi connectivity index (χ0) is 17.0. The van der Waals surface area contributed by atoms with Crippen molar-refractivity contribution in [3.05, 3.63) is 58.9 Å². The molecule has 2 amide bonds. The van der Waals surface area contributed by atoms with Crippen LogP contribution in [0.4, 0.5) is 10.1 Å². The summed E-state index contributed by atoms with van der Waals surface area (Å²) >= 11 is 6.98. The molecular weight excluding hydrogens is 339 g/mol. The summed E-state index contributed by atoms with van der Waals surface area (Å²) in [6, 6.07) is 10.6. The Morgan fingerprint density at radius 1 is 1.22 bits per heavy atom. The van der Waals surface area contributed by atoms with Crippen LogP contribution in [-0.4, -0.2) is 17.1 Å². The van der Waals surface area contributed by atoms with Crippen molar-refractivity contribution in [1.29, 1.82) is 0 Å². The summed E-state index contributed by atoms with van der Waals surface area (Å²) in [7, 11) is 0. The van der Waals surface area contributed by atoms with E-state index >= 15 is 0 Å². The number of carbonyl (C=O) groups is 2. The van der Waals surface area contributed by atoms with Gasteiger partial charge >= 0.3 is 0 Å². The van der Waals surface area contributed by atoms with Crippen LogP contribution in [0.25, 0.3) is 0 Å². The first kappa shape index (κ1) is 17.3. The van der Waals surface area contributed by atoms with Gasteiger partial charge in [-0.1, -0.05) is 11.6 Å². The summed E-state index contributed by atoms with van der Waals surface area (Å²) in [5.74, 6) is -1.25. The average molecular weight is 353 g/mol. The molecule has 0 unspecified atom stereocenters. The maximum Gasteiger partial charge on any atom is 0.248 e. The first-order valence-corrected chi connectivity index (χ1v) is 7.95. The molecule has 0 fully saturated rings. The van der Waals surface area contributed by atoms with Gasteiger partial charge in [0, 0.05) is 16.1 Å². The molecule has 0 saturated carbocycles. The van der Waals surface area contributed by atoms with E-state index in [1.807, 2.05) is 0 Å². The largest absolute Gasteiger partial charge is 0.366 e. The molecule has 4 nitrogen and oxygen atoms in total. The van der Waals surface area contributed by atoms with Crippen molar-refractivity contribution in [3.8, 4) is 0 Å². The standard InChI is InChI=1S/C16H14ClFN2O2S/c1-9(23-12-6-7-14(18)13(17)8-12)16(22)20-11-4-2-10(3-5-11)15(19)21/h2-9H,1H3,(H2,19,21)(H,20,22)/t9-/m1/s1. The second-order valence-electron chi connectivity index (χ2n) is 4.77. The molecule has 2 aromatic rings. The number of halogens is 2. The Morgan fingerprint density at radius 3 is 2.43 bits per heavy atom. The van der Waals surface area contributed by atoms with Crippen molar-refractivity contribution in [2.45, 2.75) is 17.1 Å². The minimum Gasteiger partial charge on any atom is -0.366 e. The Bertz CT molecular complexity index is 737. The number of rotatable bonds is 5. The molecule has 0 aliphatic rings. The predicted molar refractivity (Wildman–Crippen MR) is 90.3 cm³/mol. The summed E-state index contributed by atoms with van der Waals surface area (Å²) in [5, 5.41) is 2.34. The summed E-state index contributed by atoms with van der Waals surface area (Å²) in [5.41, 5.74) is 6.08. The van der Waals surface area contributed by atoms with Crippen LogP contribution in [0.1, 0.15) is 17.3 Å². The maximum atomic E-state index is 13.1. The Balaban J connectivity index is 1.99. The van der Waals surface area contributed by atoms with Gasteiger partial charge in [-0.15, -0.1) is 11.8 Å². The second-order valence-corrected chi connectivity index (χ2v) is 6.59. The van der Waals surface area contributed by atoms with E-state index in [9.17, 15) is 14.0 Å². The lowest BCUT2D eigenvalue weighted by atomic mass is 10.2. The van der Waals surface area contributed by atoms with Crippen molar-refractivity contribution in [3.63, 3.8) is 0 Å². The first-order valence-electron chi connectivity index (χ1n) is 6.69. The quantitative estimate of drug-likeness (QED) is 0.806. The molecule has 7 heteroatoms. The SMILES string of the molecule is C[C@@H](Sc1ccc(F)c(Cl)c1)C(=O)Nc1ccc(C(N)=O)cc1. The topological polar surface area (TPSA) is 72.2 Å². The molecule has 0 aliphatic carbocycles. The van der Waals surface area contributed by atoms with Gasteiger partial charge in [-0.2, -0.15) is 0 Å². The molecule has 0 aliphatic heterocycles. The number of hydrogen-bond acceptors (Lipinski definition) is 3. The van der Waals surface area contributed by atoms with Gasteiger partial charge in [0.1, 0.15) is 5.82 Å². The van der Waals surface area contributed by atoms with Crippen LogP contribution in [0.15, 0.2) is 47.4 Å². The van der Waals surface area contributed by atoms with Crippen LogP contribution in [0, 0.1) is 5.82 Å². The van der Waals surface area contributed by atoms with Gasteiger partial charge in [0.05, 0.1) is 10.3 Å². The van der Waals surface area contributed by atoms with Crippen molar-refractivity contribution >= 4 is 40.9 Å². The van der Waals surface area contributed by atoms with E-state index in [1.165, 1.54) is 36.0 Å². The van der Waals surface area contributed by atoms with Crippen LogP contribution in [0.3, 0.4) is 0 Å². The third-order valence-corrected chi connectivity index (χ3v) is 4.39. The van der Waals surface area contributed by atoms with Crippen molar-refractivity contribution < 1.29 is 14.0 Å². The molecule has 0 radical (unpaired) electrons. The minimum absolute atomic E-state index is 0.0182. The number of anilines is 1. The van der Waals surface area contributed by atoms with E-state index in [0.29, 0.717) is 16.1 Å². The highest BCUT2D eigenvalue weighted by Gasteiger charge is 2.15. The molecule has 0 bridgehead atoms. The highest BCUT2D eigenvalue weighted by Crippen LogP contribution is 2.28. The van der Waals surface area contributed by atoms with Crippen LogP contribution in [-0.2, 0) is 4.79 Å². The smallest absolute Gasteiger partial charge is 0.248 e. The first-order chi connectivity index (χ1) is 10.9. The summed E-state index contributed by atoms with van der Waals surface area (Å²) in [6.45, 7) is 1.73. The number of amides is 2. The van der Waals surface area contributed by atoms with Gasteiger partial charge in [0.25, 0.3) is 0 Å². The van der Waals surface area contributed by atoms with E-state index < -0.39 is 17.0 Å². The van der Waals surface area contributed by atoms with Crippen molar-refractivity contribution in [2.24, 2.45) is 5.73 Å². The molecule has 23 heavy (non-hydrogen) atoms. The summed E-state index contributed by atoms with van der Waals surface area (Å²) in [4.78, 5) is 23.8. The van der Waals surface area contributed by atoms with Gasteiger partial charge in [-0.3, -0.25) is 9.59 Å². The third-order valence-electron chi connectivity index (χ3n) is 3.01. The minimum atomic E-state index is -0.528. The van der Waals surface area contributed by atoms with E-state index in [2.05, 4.69) is 5.32 Å². The summed E-state index contributed by atoms with van der Waals surface area (Å²) in [6.07, 6.45) is 0. The fourth-order valence-corrected chi connectivity index (χ4v) is 2.92. The van der Waals surface area contributed by atoms with Crippen LogP contribution in [0.2, 0.25) is 5.02 Å². The number of nitrogens with two attached hydrogens (primary N) is 1. The molecule has 1 atom stereocenters. The normalized spacial score (nSPS) is 11.8. The maximum absolute atomic E-state index is 13.1. The number of thioether (sulfide) groups is 1. The Morgan fingerprint density at radius 2 is 1.87 bits per heavy atom. The molecule has 3 N–H and O–H groups in total. The second kappa shape index (κ2) is 7.48. The highest BCUT2D eigenvalue weighted by atomic mass is 35.5. The van der Waals surface area contributed by atoms with Crippen LogP contribution in [0.5, 0.6) is 0 Å². The lowest BCUT2D eigenvalue weighted by Gasteiger charge is -2.12. The van der Waals surface area contributed by atoms with Crippen molar-refractivity contribution in [1.82, 2.24) is 0 Å². The summed E-state index contributed by atoms with van der Waals surface area (Å²) < 4.78 is 13.1. The van der Waals surface area contributed by atoms with Gasteiger partial charge in [-0.05, 0) is 49.4 Å². The van der Waals surface area contributed by atoms with Crippen LogP contribution >= 0.6 is 23.4 Å². The number of hydrogen-bond donors (Lipinski definition) is 2. The molecular formula is C16H14ClFN2O2S. The average Bonchev–Trinajstić information content (AvgIpc) is 2.51. The lowest BCUT2D eigenvalue weighted by Crippen LogP contribution is -2.22. The van der Waals surface area contributed by atoms with Gasteiger partial charge in [0.2, 0.25) is 11.8 Å². The van der Waals surface area contributed by atoms with E-state index in [1.54, 1.807) is 25.1 Å². The predicted octanol–water partition coefficient (Wildman–Crippen LogP) is 3.70. The molecule has 0 aromatic heterocycles. The van der Waals surface area contributed by atoms with Gasteiger partial charge in [-0.25, -0.2) is 4.39 Å². The van der Waals surface area contributed by atoms with Crippen LogP contribution < -0.4 is 11.1 Å². The lowest BCUT2D eigenvalue weighted by molar-refractivity contribution is -0.115. The molecule has 0 saturated heterocycles. The highest BCUT2D eigenvalue weighted by molar-refractivity contribution is 8.00. The molecule has 2 rings (SSSR count). The molecule has 0 spiro atoms. The van der Waals surface area contributed by atoms with E-state index in [-0.39, 0.29) is 10.9 Å². The van der Waals surface area contributed by atoms with Gasteiger partial charge < -0.3 is 11.1 Å².